The molecule has 0 fully saturated rings. The van der Waals surface area contributed by atoms with Crippen molar-refractivity contribution in [2.24, 2.45) is 0 Å². The van der Waals surface area contributed by atoms with E-state index in [0.717, 1.165) is 6.92 Å². The number of nitrogens with one attached hydrogen (secondary N) is 1. The number of aliphatic hydroxyl groups excluding tert-OH is 6. The van der Waals surface area contributed by atoms with E-state index in [1.807, 2.05) is 0 Å². The largest absolute Gasteiger partial charge is 0.479 e. The van der Waals surface area contributed by atoms with Gasteiger partial charge in [0.15, 0.2) is 6.10 Å². The van der Waals surface area contributed by atoms with Crippen molar-refractivity contribution in [3.8, 4) is 0 Å². The van der Waals surface area contributed by atoms with E-state index in [4.69, 9.17) is 15.3 Å². The van der Waals surface area contributed by atoms with Crippen LogP contribution in [0.4, 0.5) is 0 Å². The molecule has 10 nitrogen and oxygen atoms in total. The molecule has 0 aliphatic heterocycles. The number of aliphatic hydroxyl groups is 6. The number of carboxylic acid groups (broad SMARTS) is 1. The average Bonchev–Trinajstić information content (AvgIpc) is 2.41. The maximum atomic E-state index is 11.0. The van der Waals surface area contributed by atoms with Crippen molar-refractivity contribution in [3.63, 3.8) is 0 Å². The van der Waals surface area contributed by atoms with Gasteiger partial charge in [0, 0.05) is 13.3 Å². The molecule has 6 atom stereocenters. The molecule has 0 bridgehead atoms. The number of carbonyl (C=O) groups excluding carboxylic acids is 1. The highest BCUT2D eigenvalue weighted by molar-refractivity contribution is 5.73. The number of hydrogen-bond acceptors (Lipinski definition) is 8. The van der Waals surface area contributed by atoms with Crippen molar-refractivity contribution in [2.75, 3.05) is 6.61 Å². The van der Waals surface area contributed by atoms with E-state index in [-0.39, 0.29) is 0 Å². The number of rotatable bonds is 9. The first kappa shape index (κ1) is 19.7. The molecule has 8 N–H and O–H groups in total. The normalized spacial score (nSPS) is 20.0. The number of amides is 1. The van der Waals surface area contributed by atoms with Gasteiger partial charge in [-0.15, -0.1) is 0 Å². The zero-order valence-electron chi connectivity index (χ0n) is 11.3. The van der Waals surface area contributed by atoms with Crippen molar-refractivity contribution in [1.29, 1.82) is 0 Å². The summed E-state index contributed by atoms with van der Waals surface area (Å²) < 4.78 is 0. The molecule has 0 aliphatic rings. The summed E-state index contributed by atoms with van der Waals surface area (Å²) in [6.07, 6.45) is -9.90. The zero-order chi connectivity index (χ0) is 16.7. The molecular weight excluding hydrogens is 290 g/mol. The van der Waals surface area contributed by atoms with E-state index < -0.39 is 61.5 Å². The first-order valence-corrected chi connectivity index (χ1v) is 6.12. The van der Waals surface area contributed by atoms with E-state index in [9.17, 15) is 30.0 Å². The van der Waals surface area contributed by atoms with Gasteiger partial charge < -0.3 is 41.1 Å². The van der Waals surface area contributed by atoms with Crippen molar-refractivity contribution >= 4 is 11.9 Å². The van der Waals surface area contributed by atoms with Gasteiger partial charge in [-0.3, -0.25) is 4.79 Å². The fraction of sp³-hybridized carbons (Fsp3) is 0.818. The Kier molecular flexibility index (Phi) is 8.32. The lowest BCUT2D eigenvalue weighted by molar-refractivity contribution is -0.149. The van der Waals surface area contributed by atoms with Gasteiger partial charge in [-0.05, 0) is 0 Å². The molecule has 0 spiro atoms. The molecule has 0 rings (SSSR count). The Morgan fingerprint density at radius 3 is 1.90 bits per heavy atom. The number of aliphatic carboxylic acids is 1. The van der Waals surface area contributed by atoms with E-state index in [1.54, 1.807) is 0 Å². The van der Waals surface area contributed by atoms with Gasteiger partial charge in [-0.1, -0.05) is 0 Å². The molecule has 10 heteroatoms. The highest BCUT2D eigenvalue weighted by Gasteiger charge is 2.37. The Hall–Kier alpha value is -1.30. The Balaban J connectivity index is 5.00. The molecule has 0 unspecified atom stereocenters. The monoisotopic (exact) mass is 311 g/mol. The molecule has 21 heavy (non-hydrogen) atoms. The quantitative estimate of drug-likeness (QED) is 0.208. The molecule has 0 aromatic rings. The second-order valence-electron chi connectivity index (χ2n) is 4.61. The maximum absolute atomic E-state index is 11.0. The lowest BCUT2D eigenvalue weighted by atomic mass is 9.93. The van der Waals surface area contributed by atoms with Gasteiger partial charge in [0.1, 0.15) is 18.3 Å². The van der Waals surface area contributed by atoms with E-state index in [0.29, 0.717) is 0 Å². The summed E-state index contributed by atoms with van der Waals surface area (Å²) in [5.74, 6) is -2.31. The predicted molar refractivity (Wildman–Crippen MR) is 67.0 cm³/mol. The second kappa shape index (κ2) is 8.87. The van der Waals surface area contributed by atoms with E-state index >= 15 is 0 Å². The molecule has 1 amide bonds. The van der Waals surface area contributed by atoms with Gasteiger partial charge in [-0.25, -0.2) is 4.79 Å². The minimum Gasteiger partial charge on any atom is -0.479 e. The van der Waals surface area contributed by atoms with Crippen LogP contribution in [0.1, 0.15) is 13.3 Å². The van der Waals surface area contributed by atoms with Crippen LogP contribution in [0.3, 0.4) is 0 Å². The minimum absolute atomic E-state index is 0.700. The van der Waals surface area contributed by atoms with Crippen LogP contribution in [0.2, 0.25) is 0 Å². The Morgan fingerprint density at radius 2 is 1.52 bits per heavy atom. The highest BCUT2D eigenvalue weighted by Crippen LogP contribution is 2.13. The summed E-state index contributed by atoms with van der Waals surface area (Å²) in [6, 6.07) is -1.55. The highest BCUT2D eigenvalue weighted by atomic mass is 16.4. The second-order valence-corrected chi connectivity index (χ2v) is 4.61. The van der Waals surface area contributed by atoms with Crippen LogP contribution in [0.15, 0.2) is 0 Å². The Morgan fingerprint density at radius 1 is 1.00 bits per heavy atom. The number of carbonyl (C=O) groups is 2. The smallest absolute Gasteiger partial charge is 0.332 e. The van der Waals surface area contributed by atoms with Crippen LogP contribution in [-0.4, -0.2) is 90.8 Å². The van der Waals surface area contributed by atoms with Crippen LogP contribution in [0, 0.1) is 0 Å². The van der Waals surface area contributed by atoms with E-state index in [2.05, 4.69) is 5.32 Å². The van der Waals surface area contributed by atoms with Gasteiger partial charge in [0.25, 0.3) is 0 Å². The molecule has 0 radical (unpaired) electrons. The lowest BCUT2D eigenvalue weighted by Crippen LogP contribution is -2.58. The predicted octanol–water partition coefficient (Wildman–Crippen LogP) is -4.24. The Labute approximate surface area is 120 Å². The van der Waals surface area contributed by atoms with Gasteiger partial charge in [-0.2, -0.15) is 0 Å². The van der Waals surface area contributed by atoms with Crippen LogP contribution >= 0.6 is 0 Å². The lowest BCUT2D eigenvalue weighted by Gasteiger charge is -2.32. The molecule has 0 aromatic carbocycles. The molecule has 0 saturated carbocycles. The average molecular weight is 311 g/mol. The molecule has 0 heterocycles. The summed E-state index contributed by atoms with van der Waals surface area (Å²) in [6.45, 7) is 0.174. The van der Waals surface area contributed by atoms with Crippen LogP contribution < -0.4 is 5.32 Å². The van der Waals surface area contributed by atoms with Crippen molar-refractivity contribution in [1.82, 2.24) is 5.32 Å². The molecule has 124 valence electrons. The van der Waals surface area contributed by atoms with Crippen molar-refractivity contribution < 1.29 is 45.3 Å². The van der Waals surface area contributed by atoms with Gasteiger partial charge >= 0.3 is 5.97 Å². The Bertz CT molecular complexity index is 351. The standard InChI is InChI=1S/C11H21NO9/c1-4(14)12-8(5(15)2-6(16)11(20)21)10(19)9(18)7(17)3-13/h5-10,13,15-19H,2-3H2,1H3,(H,12,14)(H,20,21)/t5-,6-,7+,8+,9-,10+/m0/s1. The first-order chi connectivity index (χ1) is 9.61. The summed E-state index contributed by atoms with van der Waals surface area (Å²) in [5, 5.41) is 66.9. The summed E-state index contributed by atoms with van der Waals surface area (Å²) >= 11 is 0. The zero-order valence-corrected chi connectivity index (χ0v) is 11.3. The van der Waals surface area contributed by atoms with Crippen LogP contribution in [-0.2, 0) is 9.59 Å². The number of carboxylic acids is 1. The van der Waals surface area contributed by atoms with Crippen molar-refractivity contribution in [2.45, 2.75) is 49.9 Å². The van der Waals surface area contributed by atoms with Gasteiger partial charge in [0.05, 0.1) is 18.8 Å². The number of hydrogen-bond donors (Lipinski definition) is 8. The SMILES string of the molecule is CC(=O)N[C@@H]([C@@H](O)[C@@H](O)[C@H](O)CO)[C@@H](O)C[C@H](O)C(=O)O. The summed E-state index contributed by atoms with van der Waals surface area (Å²) in [5.41, 5.74) is 0. The minimum atomic E-state index is -1.94. The van der Waals surface area contributed by atoms with Crippen LogP contribution in [0.25, 0.3) is 0 Å². The molecule has 0 aromatic heterocycles. The fourth-order valence-electron chi connectivity index (χ4n) is 1.67. The molecule has 0 aliphatic carbocycles. The third-order valence-corrected chi connectivity index (χ3v) is 2.83. The van der Waals surface area contributed by atoms with E-state index in [1.165, 1.54) is 0 Å². The summed E-state index contributed by atoms with van der Waals surface area (Å²) in [4.78, 5) is 21.5. The third kappa shape index (κ3) is 6.33. The summed E-state index contributed by atoms with van der Waals surface area (Å²) in [7, 11) is 0. The maximum Gasteiger partial charge on any atom is 0.332 e. The van der Waals surface area contributed by atoms with Crippen molar-refractivity contribution in [3.05, 3.63) is 0 Å². The fourth-order valence-corrected chi connectivity index (χ4v) is 1.67. The van der Waals surface area contributed by atoms with Gasteiger partial charge in [0.2, 0.25) is 5.91 Å². The first-order valence-electron chi connectivity index (χ1n) is 6.12. The molecular formula is C11H21NO9. The molecule has 0 saturated heterocycles. The van der Waals surface area contributed by atoms with Crippen LogP contribution in [0.5, 0.6) is 0 Å². The topological polar surface area (TPSA) is 188 Å². The third-order valence-electron chi connectivity index (χ3n) is 2.83.